The van der Waals surface area contributed by atoms with Gasteiger partial charge >= 0.3 is 0 Å². The summed E-state index contributed by atoms with van der Waals surface area (Å²) in [6.07, 6.45) is 2.36. The van der Waals surface area contributed by atoms with Crippen molar-refractivity contribution in [1.82, 2.24) is 9.97 Å². The summed E-state index contributed by atoms with van der Waals surface area (Å²) in [6.45, 7) is 2.06. The summed E-state index contributed by atoms with van der Waals surface area (Å²) in [4.78, 5) is 20.0. The second-order valence-corrected chi connectivity index (χ2v) is 4.48. The van der Waals surface area contributed by atoms with E-state index >= 15 is 0 Å². The number of thiophene rings is 1. The van der Waals surface area contributed by atoms with Gasteiger partial charge in [0.15, 0.2) is 0 Å². The van der Waals surface area contributed by atoms with Crippen molar-refractivity contribution in [3.63, 3.8) is 0 Å². The van der Waals surface area contributed by atoms with E-state index in [0.29, 0.717) is 5.39 Å². The number of rotatable bonds is 1. The normalized spacial score (nSPS) is 10.9. The molecular weight excluding hydrogens is 252 g/mol. The smallest absolute Gasteiger partial charge is 0.260 e. The zero-order valence-corrected chi connectivity index (χ0v) is 9.33. The fourth-order valence-corrected chi connectivity index (χ4v) is 3.18. The molecule has 5 heteroatoms. The van der Waals surface area contributed by atoms with Crippen LogP contribution < -0.4 is 5.56 Å². The number of hydrogen-bond donors (Lipinski definition) is 1. The molecule has 0 fully saturated rings. The van der Waals surface area contributed by atoms with Gasteiger partial charge in [-0.1, -0.05) is 6.92 Å². The SMILES string of the molecule is CCc1sc2nc[nH]c(=O)c2c1Br. The van der Waals surface area contributed by atoms with Crippen LogP contribution in [0.3, 0.4) is 0 Å². The van der Waals surface area contributed by atoms with Crippen molar-refractivity contribution >= 4 is 37.5 Å². The van der Waals surface area contributed by atoms with E-state index in [1.54, 1.807) is 11.3 Å². The van der Waals surface area contributed by atoms with Crippen LogP contribution in [0.15, 0.2) is 15.6 Å². The quantitative estimate of drug-likeness (QED) is 0.854. The monoisotopic (exact) mass is 258 g/mol. The maximum atomic E-state index is 11.4. The minimum Gasteiger partial charge on any atom is -0.313 e. The fraction of sp³-hybridized carbons (Fsp3) is 0.250. The Balaban J connectivity index is 2.93. The van der Waals surface area contributed by atoms with E-state index < -0.39 is 0 Å². The topological polar surface area (TPSA) is 45.8 Å². The first kappa shape index (κ1) is 8.90. The van der Waals surface area contributed by atoms with Gasteiger partial charge in [-0.3, -0.25) is 4.79 Å². The first-order valence-electron chi connectivity index (χ1n) is 3.88. The molecule has 0 amide bonds. The highest BCUT2D eigenvalue weighted by Crippen LogP contribution is 2.31. The van der Waals surface area contributed by atoms with Gasteiger partial charge in [0.25, 0.3) is 5.56 Å². The van der Waals surface area contributed by atoms with E-state index in [9.17, 15) is 4.79 Å². The largest absolute Gasteiger partial charge is 0.313 e. The van der Waals surface area contributed by atoms with Crippen molar-refractivity contribution < 1.29 is 0 Å². The van der Waals surface area contributed by atoms with Gasteiger partial charge in [-0.2, -0.15) is 0 Å². The Morgan fingerprint density at radius 2 is 2.46 bits per heavy atom. The van der Waals surface area contributed by atoms with Crippen molar-refractivity contribution in [3.8, 4) is 0 Å². The number of hydrogen-bond acceptors (Lipinski definition) is 3. The van der Waals surface area contributed by atoms with E-state index in [2.05, 4.69) is 32.8 Å². The second-order valence-electron chi connectivity index (χ2n) is 2.60. The van der Waals surface area contributed by atoms with Crippen LogP contribution in [0.5, 0.6) is 0 Å². The van der Waals surface area contributed by atoms with Crippen LogP contribution in [0, 0.1) is 0 Å². The third-order valence-electron chi connectivity index (χ3n) is 1.82. The standard InChI is InChI=1S/C8H7BrN2OS/c1-2-4-6(9)5-7(12)10-3-11-8(5)13-4/h3H,2H2,1H3,(H,10,11,12). The minimum absolute atomic E-state index is 0.0761. The van der Waals surface area contributed by atoms with Crippen LogP contribution in [0.2, 0.25) is 0 Å². The predicted molar refractivity (Wildman–Crippen MR) is 57.3 cm³/mol. The molecule has 0 saturated carbocycles. The van der Waals surface area contributed by atoms with E-state index in [0.717, 1.165) is 15.7 Å². The molecule has 68 valence electrons. The molecule has 2 aromatic heterocycles. The van der Waals surface area contributed by atoms with Gasteiger partial charge in [0.05, 0.1) is 11.7 Å². The van der Waals surface area contributed by atoms with Gasteiger partial charge in [0.2, 0.25) is 0 Å². The van der Waals surface area contributed by atoms with Crippen molar-refractivity contribution in [1.29, 1.82) is 0 Å². The number of nitrogens with one attached hydrogen (secondary N) is 1. The molecule has 3 nitrogen and oxygen atoms in total. The molecule has 0 aliphatic heterocycles. The molecule has 2 aromatic rings. The number of nitrogens with zero attached hydrogens (tertiary/aromatic N) is 1. The predicted octanol–water partition coefficient (Wildman–Crippen LogP) is 2.31. The number of H-pyrrole nitrogens is 1. The van der Waals surface area contributed by atoms with Crippen LogP contribution in [0.25, 0.3) is 10.2 Å². The molecule has 0 saturated heterocycles. The highest BCUT2D eigenvalue weighted by Gasteiger charge is 2.11. The Morgan fingerprint density at radius 3 is 3.08 bits per heavy atom. The van der Waals surface area contributed by atoms with E-state index in [4.69, 9.17) is 0 Å². The molecule has 2 heterocycles. The molecule has 1 N–H and O–H groups in total. The van der Waals surface area contributed by atoms with Gasteiger partial charge in [-0.05, 0) is 22.4 Å². The van der Waals surface area contributed by atoms with E-state index in [1.807, 2.05) is 0 Å². The Bertz CT molecular complexity index is 502. The molecule has 0 atom stereocenters. The molecule has 0 spiro atoms. The molecule has 0 aliphatic rings. The second kappa shape index (κ2) is 3.23. The summed E-state index contributed by atoms with van der Waals surface area (Å²) in [7, 11) is 0. The number of aromatic nitrogens is 2. The summed E-state index contributed by atoms with van der Waals surface area (Å²) in [6, 6.07) is 0. The summed E-state index contributed by atoms with van der Waals surface area (Å²) in [5.41, 5.74) is -0.0761. The van der Waals surface area contributed by atoms with E-state index in [1.165, 1.54) is 11.2 Å². The highest BCUT2D eigenvalue weighted by atomic mass is 79.9. The van der Waals surface area contributed by atoms with Crippen LogP contribution in [0.4, 0.5) is 0 Å². The Kier molecular flexibility index (Phi) is 2.21. The number of fused-ring (bicyclic) bond motifs is 1. The Labute approximate surface area is 87.0 Å². The number of aromatic amines is 1. The molecule has 13 heavy (non-hydrogen) atoms. The minimum atomic E-state index is -0.0761. The van der Waals surface area contributed by atoms with Gasteiger partial charge in [-0.25, -0.2) is 4.98 Å². The average molecular weight is 259 g/mol. The average Bonchev–Trinajstić information content (AvgIpc) is 2.44. The Hall–Kier alpha value is -0.680. The first-order valence-corrected chi connectivity index (χ1v) is 5.49. The summed E-state index contributed by atoms with van der Waals surface area (Å²) in [5, 5.41) is 0.671. The summed E-state index contributed by atoms with van der Waals surface area (Å²) < 4.78 is 0.893. The van der Waals surface area contributed by atoms with Gasteiger partial charge in [-0.15, -0.1) is 11.3 Å². The zero-order chi connectivity index (χ0) is 9.42. The van der Waals surface area contributed by atoms with Gasteiger partial charge in [0, 0.05) is 9.35 Å². The maximum absolute atomic E-state index is 11.4. The molecule has 0 aromatic carbocycles. The highest BCUT2D eigenvalue weighted by molar-refractivity contribution is 9.10. The number of aryl methyl sites for hydroxylation is 1. The lowest BCUT2D eigenvalue weighted by atomic mass is 10.3. The molecule has 2 rings (SSSR count). The molecule has 0 bridgehead atoms. The third kappa shape index (κ3) is 1.32. The van der Waals surface area contributed by atoms with Gasteiger partial charge in [0.1, 0.15) is 4.83 Å². The van der Waals surface area contributed by atoms with Crippen LogP contribution in [-0.2, 0) is 6.42 Å². The van der Waals surface area contributed by atoms with Crippen molar-refractivity contribution in [3.05, 3.63) is 26.0 Å². The van der Waals surface area contributed by atoms with Crippen molar-refractivity contribution in [2.75, 3.05) is 0 Å². The first-order chi connectivity index (χ1) is 6.24. The summed E-state index contributed by atoms with van der Waals surface area (Å²) in [5.74, 6) is 0. The van der Waals surface area contributed by atoms with Gasteiger partial charge < -0.3 is 4.98 Å². The number of halogens is 1. The summed E-state index contributed by atoms with van der Waals surface area (Å²) >= 11 is 4.97. The maximum Gasteiger partial charge on any atom is 0.260 e. The molecule has 0 radical (unpaired) electrons. The fourth-order valence-electron chi connectivity index (χ4n) is 1.18. The molecule has 0 unspecified atom stereocenters. The van der Waals surface area contributed by atoms with Crippen LogP contribution >= 0.6 is 27.3 Å². The van der Waals surface area contributed by atoms with Crippen molar-refractivity contribution in [2.24, 2.45) is 0 Å². The lowest BCUT2D eigenvalue weighted by Crippen LogP contribution is -2.04. The Morgan fingerprint density at radius 1 is 1.69 bits per heavy atom. The third-order valence-corrected chi connectivity index (χ3v) is 4.20. The lowest BCUT2D eigenvalue weighted by molar-refractivity contribution is 1.17. The van der Waals surface area contributed by atoms with E-state index in [-0.39, 0.29) is 5.56 Å². The van der Waals surface area contributed by atoms with Crippen LogP contribution in [-0.4, -0.2) is 9.97 Å². The van der Waals surface area contributed by atoms with Crippen molar-refractivity contribution in [2.45, 2.75) is 13.3 Å². The van der Waals surface area contributed by atoms with Crippen LogP contribution in [0.1, 0.15) is 11.8 Å². The molecular formula is C8H7BrN2OS. The zero-order valence-electron chi connectivity index (χ0n) is 6.93. The lowest BCUT2D eigenvalue weighted by Gasteiger charge is -1.88. The molecule has 0 aliphatic carbocycles.